The second-order valence-corrected chi connectivity index (χ2v) is 5.43. The lowest BCUT2D eigenvalue weighted by atomic mass is 10.1. The van der Waals surface area contributed by atoms with Crippen LogP contribution < -0.4 is 5.32 Å². The predicted octanol–water partition coefficient (Wildman–Crippen LogP) is 3.00. The number of rotatable bonds is 5. The summed E-state index contributed by atoms with van der Waals surface area (Å²) in [6.07, 6.45) is 3.54. The fourth-order valence-electron chi connectivity index (χ4n) is 2.25. The number of fused-ring (bicyclic) bond motifs is 1. The molecule has 21 heavy (non-hydrogen) atoms. The summed E-state index contributed by atoms with van der Waals surface area (Å²) in [5.41, 5.74) is 1.68. The maximum atomic E-state index is 12.4. The number of nitrogens with zero attached hydrogens (tertiary/aromatic N) is 2. The van der Waals surface area contributed by atoms with Crippen molar-refractivity contribution >= 4 is 33.3 Å². The smallest absolute Gasteiger partial charge is 0.259 e. The monoisotopic (exact) mass is 301 g/mol. The van der Waals surface area contributed by atoms with E-state index in [0.717, 1.165) is 10.9 Å². The quantitative estimate of drug-likeness (QED) is 0.788. The minimum atomic E-state index is -0.141. The Morgan fingerprint density at radius 3 is 3.05 bits per heavy atom. The molecule has 0 spiro atoms. The summed E-state index contributed by atoms with van der Waals surface area (Å²) in [5.74, 6) is -0.141. The zero-order valence-corrected chi connectivity index (χ0v) is 12.4. The van der Waals surface area contributed by atoms with E-state index >= 15 is 0 Å². The number of nitrogens with one attached hydrogen (secondary N) is 1. The van der Waals surface area contributed by atoms with Gasteiger partial charge in [0, 0.05) is 42.3 Å². The SMILES string of the molecule is COCCn1cc(C(=O)Nc2nccs2)c2ccccc21. The molecule has 1 amide bonds. The molecular formula is C15H15N3O2S. The minimum Gasteiger partial charge on any atom is -0.383 e. The third-order valence-electron chi connectivity index (χ3n) is 3.22. The second-order valence-electron chi connectivity index (χ2n) is 4.54. The topological polar surface area (TPSA) is 56.1 Å². The van der Waals surface area contributed by atoms with E-state index < -0.39 is 0 Å². The molecule has 5 nitrogen and oxygen atoms in total. The van der Waals surface area contributed by atoms with E-state index in [-0.39, 0.29) is 5.91 Å². The first-order valence-electron chi connectivity index (χ1n) is 6.57. The molecule has 1 aromatic carbocycles. The van der Waals surface area contributed by atoms with Crippen LogP contribution in [0, 0.1) is 0 Å². The van der Waals surface area contributed by atoms with Gasteiger partial charge in [0.05, 0.1) is 12.2 Å². The fourth-order valence-corrected chi connectivity index (χ4v) is 2.78. The summed E-state index contributed by atoms with van der Waals surface area (Å²) < 4.78 is 7.16. The van der Waals surface area contributed by atoms with Gasteiger partial charge in [0.1, 0.15) is 0 Å². The Labute approximate surface area is 126 Å². The van der Waals surface area contributed by atoms with Gasteiger partial charge in [0.2, 0.25) is 0 Å². The first-order chi connectivity index (χ1) is 10.3. The van der Waals surface area contributed by atoms with E-state index in [0.29, 0.717) is 23.8 Å². The van der Waals surface area contributed by atoms with Crippen LogP contribution >= 0.6 is 11.3 Å². The summed E-state index contributed by atoms with van der Waals surface area (Å²) in [6.45, 7) is 1.31. The maximum Gasteiger partial charge on any atom is 0.259 e. The molecule has 108 valence electrons. The number of hydrogen-bond acceptors (Lipinski definition) is 4. The van der Waals surface area contributed by atoms with Crippen molar-refractivity contribution in [3.05, 3.63) is 47.6 Å². The number of anilines is 1. The first-order valence-corrected chi connectivity index (χ1v) is 7.45. The molecule has 0 saturated heterocycles. The molecule has 0 aliphatic carbocycles. The van der Waals surface area contributed by atoms with Crippen molar-refractivity contribution in [2.24, 2.45) is 0 Å². The zero-order valence-electron chi connectivity index (χ0n) is 11.6. The number of ether oxygens (including phenoxy) is 1. The summed E-state index contributed by atoms with van der Waals surface area (Å²) in [7, 11) is 1.67. The molecule has 3 rings (SSSR count). The van der Waals surface area contributed by atoms with Crippen LogP contribution in [0.1, 0.15) is 10.4 Å². The van der Waals surface area contributed by atoms with E-state index in [2.05, 4.69) is 10.3 Å². The molecule has 0 fully saturated rings. The van der Waals surface area contributed by atoms with Crippen molar-refractivity contribution < 1.29 is 9.53 Å². The third kappa shape index (κ3) is 2.81. The highest BCUT2D eigenvalue weighted by atomic mass is 32.1. The Hall–Kier alpha value is -2.18. The number of benzene rings is 1. The van der Waals surface area contributed by atoms with Crippen molar-refractivity contribution in [3.63, 3.8) is 0 Å². The number of hydrogen-bond donors (Lipinski definition) is 1. The van der Waals surface area contributed by atoms with Gasteiger partial charge < -0.3 is 9.30 Å². The van der Waals surface area contributed by atoms with Crippen LogP contribution in [0.15, 0.2) is 42.0 Å². The molecule has 0 unspecified atom stereocenters. The van der Waals surface area contributed by atoms with Crippen LogP contribution in [-0.2, 0) is 11.3 Å². The van der Waals surface area contributed by atoms with Crippen LogP contribution in [0.2, 0.25) is 0 Å². The molecule has 0 aliphatic heterocycles. The highest BCUT2D eigenvalue weighted by Crippen LogP contribution is 2.23. The highest BCUT2D eigenvalue weighted by molar-refractivity contribution is 7.13. The molecule has 2 aromatic heterocycles. The van der Waals surface area contributed by atoms with Gasteiger partial charge >= 0.3 is 0 Å². The molecular weight excluding hydrogens is 286 g/mol. The van der Waals surface area contributed by atoms with Crippen LogP contribution in [-0.4, -0.2) is 29.2 Å². The lowest BCUT2D eigenvalue weighted by Crippen LogP contribution is -2.11. The van der Waals surface area contributed by atoms with E-state index in [1.54, 1.807) is 13.3 Å². The van der Waals surface area contributed by atoms with E-state index in [1.807, 2.05) is 40.4 Å². The Morgan fingerprint density at radius 1 is 1.43 bits per heavy atom. The van der Waals surface area contributed by atoms with E-state index in [1.165, 1.54) is 11.3 Å². The number of carbonyl (C=O) groups excluding carboxylic acids is 1. The van der Waals surface area contributed by atoms with Gasteiger partial charge in [0.15, 0.2) is 5.13 Å². The Kier molecular flexibility index (Phi) is 3.98. The lowest BCUT2D eigenvalue weighted by Gasteiger charge is -2.03. The standard InChI is InChI=1S/C15H15N3O2S/c1-20-8-7-18-10-12(11-4-2-3-5-13(11)18)14(19)17-15-16-6-9-21-15/h2-6,9-10H,7-8H2,1H3,(H,16,17,19). The lowest BCUT2D eigenvalue weighted by molar-refractivity contribution is 0.102. The van der Waals surface area contributed by atoms with Crippen LogP contribution in [0.4, 0.5) is 5.13 Å². The van der Waals surface area contributed by atoms with Crippen molar-refractivity contribution in [3.8, 4) is 0 Å². The van der Waals surface area contributed by atoms with Crippen LogP contribution in [0.3, 0.4) is 0 Å². The van der Waals surface area contributed by atoms with Crippen molar-refractivity contribution in [1.29, 1.82) is 0 Å². The van der Waals surface area contributed by atoms with E-state index in [9.17, 15) is 4.79 Å². The van der Waals surface area contributed by atoms with E-state index in [4.69, 9.17) is 4.74 Å². The molecule has 6 heteroatoms. The highest BCUT2D eigenvalue weighted by Gasteiger charge is 2.15. The summed E-state index contributed by atoms with van der Waals surface area (Å²) >= 11 is 1.40. The van der Waals surface area contributed by atoms with Gasteiger partial charge in [-0.3, -0.25) is 10.1 Å². The summed E-state index contributed by atoms with van der Waals surface area (Å²) in [4.78, 5) is 16.5. The molecule has 0 bridgehead atoms. The second kappa shape index (κ2) is 6.07. The summed E-state index contributed by atoms with van der Waals surface area (Å²) in [5, 5.41) is 6.19. The summed E-state index contributed by atoms with van der Waals surface area (Å²) in [6, 6.07) is 7.86. The number of aromatic nitrogens is 2. The molecule has 2 heterocycles. The fraction of sp³-hybridized carbons (Fsp3) is 0.200. The number of para-hydroxylation sites is 1. The van der Waals surface area contributed by atoms with Crippen LogP contribution in [0.5, 0.6) is 0 Å². The number of methoxy groups -OCH3 is 1. The molecule has 0 saturated carbocycles. The van der Waals surface area contributed by atoms with Crippen LogP contribution in [0.25, 0.3) is 10.9 Å². The Bertz CT molecular complexity index is 749. The average Bonchev–Trinajstić information content (AvgIpc) is 3.12. The van der Waals surface area contributed by atoms with Gasteiger partial charge in [-0.2, -0.15) is 0 Å². The van der Waals surface area contributed by atoms with Crippen molar-refractivity contribution in [2.45, 2.75) is 6.54 Å². The van der Waals surface area contributed by atoms with Crippen molar-refractivity contribution in [2.75, 3.05) is 19.0 Å². The number of thiazole rings is 1. The predicted molar refractivity (Wildman–Crippen MR) is 83.9 cm³/mol. The molecule has 1 N–H and O–H groups in total. The molecule has 0 aliphatic rings. The van der Waals surface area contributed by atoms with Gasteiger partial charge in [-0.1, -0.05) is 18.2 Å². The maximum absolute atomic E-state index is 12.4. The Morgan fingerprint density at radius 2 is 2.29 bits per heavy atom. The van der Waals surface area contributed by atoms with Gasteiger partial charge in [-0.05, 0) is 6.07 Å². The van der Waals surface area contributed by atoms with Gasteiger partial charge in [0.25, 0.3) is 5.91 Å². The zero-order chi connectivity index (χ0) is 14.7. The van der Waals surface area contributed by atoms with Crippen molar-refractivity contribution in [1.82, 2.24) is 9.55 Å². The molecule has 0 radical (unpaired) electrons. The third-order valence-corrected chi connectivity index (χ3v) is 3.91. The number of carbonyl (C=O) groups is 1. The largest absolute Gasteiger partial charge is 0.383 e. The molecule has 0 atom stereocenters. The minimum absolute atomic E-state index is 0.141. The molecule has 3 aromatic rings. The Balaban J connectivity index is 1.95. The normalized spacial score (nSPS) is 10.9. The van der Waals surface area contributed by atoms with Gasteiger partial charge in [-0.25, -0.2) is 4.98 Å². The number of amides is 1. The average molecular weight is 301 g/mol. The van der Waals surface area contributed by atoms with Gasteiger partial charge in [-0.15, -0.1) is 11.3 Å². The first kappa shape index (κ1) is 13.8.